The van der Waals surface area contributed by atoms with E-state index in [1.165, 1.54) is 36.0 Å². The van der Waals surface area contributed by atoms with Gasteiger partial charge in [0.05, 0.1) is 12.8 Å². The summed E-state index contributed by atoms with van der Waals surface area (Å²) < 4.78 is 11.5. The first kappa shape index (κ1) is 25.2. The molecule has 1 N–H and O–H groups in total. The number of amides is 1. The van der Waals surface area contributed by atoms with Gasteiger partial charge in [-0.1, -0.05) is 30.2 Å². The molecule has 2 fully saturated rings. The number of piperazine rings is 1. The van der Waals surface area contributed by atoms with E-state index in [9.17, 15) is 4.79 Å². The van der Waals surface area contributed by atoms with Gasteiger partial charge < -0.3 is 24.6 Å². The fraction of sp³-hybridized carbons (Fsp3) is 0.552. The molecular formula is C29H38ClN3O3. The van der Waals surface area contributed by atoms with Crippen molar-refractivity contribution >= 4 is 23.4 Å². The molecule has 1 atom stereocenters. The van der Waals surface area contributed by atoms with Gasteiger partial charge in [0, 0.05) is 42.7 Å². The van der Waals surface area contributed by atoms with E-state index in [4.69, 9.17) is 21.1 Å². The summed E-state index contributed by atoms with van der Waals surface area (Å²) in [4.78, 5) is 16.7. The second kappa shape index (κ2) is 9.79. The minimum atomic E-state index is -0.482. The van der Waals surface area contributed by atoms with Gasteiger partial charge in [-0.15, -0.1) is 0 Å². The van der Waals surface area contributed by atoms with Crippen molar-refractivity contribution < 1.29 is 14.3 Å². The first-order chi connectivity index (χ1) is 17.2. The number of halogens is 1. The summed E-state index contributed by atoms with van der Waals surface area (Å²) in [6, 6.07) is 13.3. The standard InChI is InChI=1S/C29H38ClN3O3/c1-28(2,3)36-27(34)33-16-14-32(15-17-33)24-18-20-10-13-31-26(23(20)19-25(24)35-4)29(11-5-12-29)21-6-8-22(30)9-7-21/h6-9,18-19,26,31H,5,10-17H2,1-4H3. The van der Waals surface area contributed by atoms with E-state index in [1.54, 1.807) is 12.0 Å². The molecule has 0 radical (unpaired) electrons. The highest BCUT2D eigenvalue weighted by Crippen LogP contribution is 2.54. The van der Waals surface area contributed by atoms with Gasteiger partial charge in [-0.2, -0.15) is 0 Å². The van der Waals surface area contributed by atoms with Crippen LogP contribution in [0.25, 0.3) is 0 Å². The number of carbonyl (C=O) groups is 1. The largest absolute Gasteiger partial charge is 0.495 e. The highest BCUT2D eigenvalue weighted by molar-refractivity contribution is 6.30. The molecule has 1 unspecified atom stereocenters. The van der Waals surface area contributed by atoms with E-state index in [0.717, 1.165) is 42.5 Å². The Hall–Kier alpha value is -2.44. The average Bonchev–Trinajstić information content (AvgIpc) is 2.83. The molecule has 5 rings (SSSR count). The van der Waals surface area contributed by atoms with Crippen LogP contribution in [0.3, 0.4) is 0 Å². The lowest BCUT2D eigenvalue weighted by atomic mass is 9.58. The van der Waals surface area contributed by atoms with Gasteiger partial charge in [0.25, 0.3) is 0 Å². The van der Waals surface area contributed by atoms with Gasteiger partial charge in [-0.05, 0) is 87.5 Å². The number of benzene rings is 2. The lowest BCUT2D eigenvalue weighted by molar-refractivity contribution is 0.0240. The number of rotatable bonds is 4. The first-order valence-electron chi connectivity index (χ1n) is 13.1. The number of methoxy groups -OCH3 is 1. The predicted octanol–water partition coefficient (Wildman–Crippen LogP) is 5.71. The van der Waals surface area contributed by atoms with Gasteiger partial charge in [0.1, 0.15) is 11.4 Å². The van der Waals surface area contributed by atoms with Crippen molar-refractivity contribution in [1.29, 1.82) is 0 Å². The number of ether oxygens (including phenoxy) is 2. The van der Waals surface area contributed by atoms with Crippen LogP contribution in [0, 0.1) is 0 Å². The predicted molar refractivity (Wildman–Crippen MR) is 144 cm³/mol. The molecule has 3 aliphatic rings. The monoisotopic (exact) mass is 511 g/mol. The maximum atomic E-state index is 12.5. The Labute approximate surface area is 219 Å². The Bertz CT molecular complexity index is 1100. The molecule has 36 heavy (non-hydrogen) atoms. The molecule has 6 nitrogen and oxygen atoms in total. The molecule has 7 heteroatoms. The van der Waals surface area contributed by atoms with Crippen LogP contribution in [0.15, 0.2) is 36.4 Å². The van der Waals surface area contributed by atoms with Crippen LogP contribution in [-0.4, -0.2) is 56.4 Å². The van der Waals surface area contributed by atoms with Crippen molar-refractivity contribution in [3.05, 3.63) is 58.1 Å². The van der Waals surface area contributed by atoms with Crippen LogP contribution in [0.4, 0.5) is 10.5 Å². The van der Waals surface area contributed by atoms with Gasteiger partial charge in [-0.25, -0.2) is 4.79 Å². The van der Waals surface area contributed by atoms with E-state index < -0.39 is 5.60 Å². The maximum Gasteiger partial charge on any atom is 0.410 e. The van der Waals surface area contributed by atoms with Crippen molar-refractivity contribution in [3.8, 4) is 5.75 Å². The number of carbonyl (C=O) groups excluding carboxylic acids is 1. The Kier molecular flexibility index (Phi) is 6.86. The topological polar surface area (TPSA) is 54.0 Å². The summed E-state index contributed by atoms with van der Waals surface area (Å²) in [6.45, 7) is 9.46. The van der Waals surface area contributed by atoms with Crippen LogP contribution in [-0.2, 0) is 16.6 Å². The summed E-state index contributed by atoms with van der Waals surface area (Å²) in [7, 11) is 1.76. The zero-order chi connectivity index (χ0) is 25.5. The van der Waals surface area contributed by atoms with Crippen LogP contribution in [0.1, 0.15) is 62.8 Å². The SMILES string of the molecule is COc1cc2c(cc1N1CCN(C(=O)OC(C)(C)C)CC1)CCNC2C1(c2ccc(Cl)cc2)CCC1. The van der Waals surface area contributed by atoms with Crippen LogP contribution < -0.4 is 15.0 Å². The molecule has 0 bridgehead atoms. The van der Waals surface area contributed by atoms with E-state index in [0.29, 0.717) is 13.1 Å². The summed E-state index contributed by atoms with van der Waals surface area (Å²) >= 11 is 6.21. The molecule has 194 valence electrons. The first-order valence-corrected chi connectivity index (χ1v) is 13.5. The molecule has 1 aliphatic carbocycles. The maximum absolute atomic E-state index is 12.5. The summed E-state index contributed by atoms with van der Waals surface area (Å²) in [5, 5.41) is 4.64. The second-order valence-electron chi connectivity index (χ2n) is 11.3. The van der Waals surface area contributed by atoms with Crippen LogP contribution in [0.5, 0.6) is 5.75 Å². The van der Waals surface area contributed by atoms with Crippen LogP contribution in [0.2, 0.25) is 5.02 Å². The number of hydrogen-bond acceptors (Lipinski definition) is 5. The van der Waals surface area contributed by atoms with Gasteiger partial charge in [-0.3, -0.25) is 0 Å². The highest BCUT2D eigenvalue weighted by atomic mass is 35.5. The molecular weight excluding hydrogens is 474 g/mol. The molecule has 2 aromatic carbocycles. The zero-order valence-corrected chi connectivity index (χ0v) is 22.7. The van der Waals surface area contributed by atoms with E-state index in [1.807, 2.05) is 32.9 Å². The van der Waals surface area contributed by atoms with Crippen molar-refractivity contribution in [1.82, 2.24) is 10.2 Å². The number of nitrogens with one attached hydrogen (secondary N) is 1. The Morgan fingerprint density at radius 2 is 1.78 bits per heavy atom. The summed E-state index contributed by atoms with van der Waals surface area (Å²) in [5.41, 5.74) is 4.84. The normalized spacial score (nSPS) is 21.4. The fourth-order valence-corrected chi connectivity index (χ4v) is 6.14. The van der Waals surface area contributed by atoms with E-state index in [2.05, 4.69) is 34.5 Å². The molecule has 1 saturated heterocycles. The summed E-state index contributed by atoms with van der Waals surface area (Å²) in [6.07, 6.45) is 4.34. The smallest absolute Gasteiger partial charge is 0.410 e. The Morgan fingerprint density at radius 3 is 2.36 bits per heavy atom. The zero-order valence-electron chi connectivity index (χ0n) is 21.9. The Balaban J connectivity index is 1.39. The van der Waals surface area contributed by atoms with Gasteiger partial charge in [0.15, 0.2) is 0 Å². The molecule has 2 aliphatic heterocycles. The number of fused-ring (bicyclic) bond motifs is 1. The minimum absolute atomic E-state index is 0.0886. The lowest BCUT2D eigenvalue weighted by Crippen LogP contribution is -2.50. The third-order valence-corrected chi connectivity index (χ3v) is 8.24. The van der Waals surface area contributed by atoms with Crippen LogP contribution >= 0.6 is 11.6 Å². The number of nitrogens with zero attached hydrogens (tertiary/aromatic N) is 2. The third kappa shape index (κ3) is 4.78. The van der Waals surface area contributed by atoms with Gasteiger partial charge in [0.2, 0.25) is 0 Å². The van der Waals surface area contributed by atoms with E-state index >= 15 is 0 Å². The second-order valence-corrected chi connectivity index (χ2v) is 11.8. The number of hydrogen-bond donors (Lipinski definition) is 1. The molecule has 2 heterocycles. The van der Waals surface area contributed by atoms with Crippen molar-refractivity contribution in [2.45, 2.75) is 63.5 Å². The molecule has 1 saturated carbocycles. The lowest BCUT2D eigenvalue weighted by Gasteiger charge is -2.51. The number of anilines is 1. The quantitative estimate of drug-likeness (QED) is 0.569. The average molecular weight is 512 g/mol. The Morgan fingerprint density at radius 1 is 1.08 bits per heavy atom. The van der Waals surface area contributed by atoms with Crippen molar-refractivity contribution in [2.24, 2.45) is 0 Å². The fourth-order valence-electron chi connectivity index (χ4n) is 6.02. The highest BCUT2D eigenvalue weighted by Gasteiger charge is 2.47. The minimum Gasteiger partial charge on any atom is -0.495 e. The molecule has 2 aromatic rings. The van der Waals surface area contributed by atoms with Crippen molar-refractivity contribution in [3.63, 3.8) is 0 Å². The molecule has 1 amide bonds. The molecule has 0 aromatic heterocycles. The van der Waals surface area contributed by atoms with Crippen molar-refractivity contribution in [2.75, 3.05) is 44.7 Å². The summed E-state index contributed by atoms with van der Waals surface area (Å²) in [5.74, 6) is 0.902. The third-order valence-electron chi connectivity index (χ3n) is 7.98. The van der Waals surface area contributed by atoms with E-state index in [-0.39, 0.29) is 17.6 Å². The molecule has 0 spiro atoms. The van der Waals surface area contributed by atoms with Gasteiger partial charge >= 0.3 is 6.09 Å².